The summed E-state index contributed by atoms with van der Waals surface area (Å²) in [6, 6.07) is 27.5. The van der Waals surface area contributed by atoms with E-state index in [1.165, 1.54) is 5.39 Å². The first-order valence-corrected chi connectivity index (χ1v) is 8.70. The van der Waals surface area contributed by atoms with Crippen LogP contribution < -0.4 is 10.6 Å². The number of fused-ring (bicyclic) bond motifs is 2. The largest absolute Gasteiger partial charge is 0.332 e. The zero-order valence-electron chi connectivity index (χ0n) is 13.9. The van der Waals surface area contributed by atoms with E-state index in [0.717, 1.165) is 21.8 Å². The quantitative estimate of drug-likeness (QED) is 0.387. The van der Waals surface area contributed by atoms with Crippen molar-refractivity contribution >= 4 is 50.5 Å². The minimum atomic E-state index is -0.228. The molecule has 0 unspecified atom stereocenters. The molecule has 0 spiro atoms. The Hall–Kier alpha value is -3.24. The number of amides is 1. The molecule has 4 rings (SSSR count). The van der Waals surface area contributed by atoms with E-state index in [-0.39, 0.29) is 11.0 Å². The normalized spacial score (nSPS) is 10.6. The lowest BCUT2D eigenvalue weighted by atomic mass is 10.0. The highest BCUT2D eigenvalue weighted by Crippen LogP contribution is 2.28. The molecule has 0 atom stereocenters. The van der Waals surface area contributed by atoms with Crippen LogP contribution in [0, 0.1) is 0 Å². The maximum atomic E-state index is 12.2. The molecular weight excluding hydrogens is 340 g/mol. The van der Waals surface area contributed by atoms with Gasteiger partial charge in [0.25, 0.3) is 5.91 Å². The Morgan fingerprint density at radius 2 is 1.38 bits per heavy atom. The van der Waals surface area contributed by atoms with Crippen molar-refractivity contribution in [1.82, 2.24) is 5.32 Å². The van der Waals surface area contributed by atoms with E-state index in [1.807, 2.05) is 42.5 Å². The van der Waals surface area contributed by atoms with E-state index >= 15 is 0 Å². The van der Waals surface area contributed by atoms with Crippen molar-refractivity contribution in [3.05, 3.63) is 90.5 Å². The third-order valence-corrected chi connectivity index (χ3v) is 4.46. The molecule has 3 nitrogen and oxygen atoms in total. The van der Waals surface area contributed by atoms with Gasteiger partial charge in [0.2, 0.25) is 0 Å². The fraction of sp³-hybridized carbons (Fsp3) is 0. The van der Waals surface area contributed by atoms with Crippen LogP contribution in [0.1, 0.15) is 10.4 Å². The van der Waals surface area contributed by atoms with Crippen LogP contribution in [0.15, 0.2) is 84.9 Å². The molecule has 4 heteroatoms. The summed E-state index contributed by atoms with van der Waals surface area (Å²) in [6.45, 7) is 0. The van der Waals surface area contributed by atoms with Crippen molar-refractivity contribution in [2.24, 2.45) is 0 Å². The van der Waals surface area contributed by atoms with Crippen molar-refractivity contribution in [2.75, 3.05) is 5.32 Å². The number of nitrogens with one attached hydrogen (secondary N) is 2. The van der Waals surface area contributed by atoms with Crippen LogP contribution >= 0.6 is 12.2 Å². The third kappa shape index (κ3) is 3.27. The van der Waals surface area contributed by atoms with Gasteiger partial charge in [-0.25, -0.2) is 0 Å². The number of carbonyl (C=O) groups excluding carboxylic acids is 1. The standard InChI is InChI=1S/C22H16N2OS/c25-21(15-7-2-1-3-8-15)24-22(26)23-20-12-6-11-18-13-16-9-4-5-10-17(16)14-19(18)20/h1-14H,(H2,23,24,25,26). The van der Waals surface area contributed by atoms with Gasteiger partial charge in [-0.3, -0.25) is 10.1 Å². The summed E-state index contributed by atoms with van der Waals surface area (Å²) in [7, 11) is 0. The molecule has 0 aliphatic rings. The number of benzene rings is 4. The molecule has 26 heavy (non-hydrogen) atoms. The van der Waals surface area contributed by atoms with Gasteiger partial charge in [-0.15, -0.1) is 0 Å². The highest BCUT2D eigenvalue weighted by atomic mass is 32.1. The van der Waals surface area contributed by atoms with Crippen LogP contribution in [0.25, 0.3) is 21.5 Å². The van der Waals surface area contributed by atoms with Crippen LogP contribution in [0.2, 0.25) is 0 Å². The van der Waals surface area contributed by atoms with Crippen molar-refractivity contribution in [3.8, 4) is 0 Å². The van der Waals surface area contributed by atoms with Crippen LogP contribution in [-0.4, -0.2) is 11.0 Å². The Bertz CT molecular complexity index is 1120. The summed E-state index contributed by atoms with van der Waals surface area (Å²) < 4.78 is 0. The topological polar surface area (TPSA) is 41.1 Å². The summed E-state index contributed by atoms with van der Waals surface area (Å²) in [5, 5.41) is 10.7. The molecule has 2 N–H and O–H groups in total. The molecule has 0 fully saturated rings. The van der Waals surface area contributed by atoms with Crippen LogP contribution in [0.5, 0.6) is 0 Å². The van der Waals surface area contributed by atoms with Gasteiger partial charge in [0.1, 0.15) is 0 Å². The third-order valence-electron chi connectivity index (χ3n) is 4.26. The Balaban J connectivity index is 1.61. The molecule has 0 heterocycles. The lowest BCUT2D eigenvalue weighted by Gasteiger charge is -2.12. The van der Waals surface area contributed by atoms with Gasteiger partial charge in [-0.2, -0.15) is 0 Å². The average Bonchev–Trinajstić information content (AvgIpc) is 2.67. The molecule has 1 amide bonds. The predicted molar refractivity (Wildman–Crippen MR) is 112 cm³/mol. The zero-order valence-corrected chi connectivity index (χ0v) is 14.7. The van der Waals surface area contributed by atoms with Gasteiger partial charge < -0.3 is 5.32 Å². The fourth-order valence-corrected chi connectivity index (χ4v) is 3.20. The van der Waals surface area contributed by atoms with E-state index < -0.39 is 0 Å². The van der Waals surface area contributed by atoms with E-state index in [4.69, 9.17) is 12.2 Å². The number of carbonyl (C=O) groups is 1. The Kier molecular flexibility index (Phi) is 4.33. The molecule has 0 bridgehead atoms. The lowest BCUT2D eigenvalue weighted by molar-refractivity contribution is 0.0977. The summed E-state index contributed by atoms with van der Waals surface area (Å²) in [5.41, 5.74) is 1.44. The summed E-state index contributed by atoms with van der Waals surface area (Å²) >= 11 is 5.33. The minimum Gasteiger partial charge on any atom is -0.332 e. The SMILES string of the molecule is O=C(NC(=S)Nc1cccc2cc3ccccc3cc12)c1ccccc1. The highest BCUT2D eigenvalue weighted by molar-refractivity contribution is 7.80. The van der Waals surface area contributed by atoms with Gasteiger partial charge in [0.15, 0.2) is 5.11 Å². The number of rotatable bonds is 2. The van der Waals surface area contributed by atoms with Crippen LogP contribution in [0.4, 0.5) is 5.69 Å². The van der Waals surface area contributed by atoms with E-state index in [9.17, 15) is 4.79 Å². The van der Waals surface area contributed by atoms with Gasteiger partial charge in [0, 0.05) is 16.6 Å². The van der Waals surface area contributed by atoms with Crippen molar-refractivity contribution in [3.63, 3.8) is 0 Å². The minimum absolute atomic E-state index is 0.228. The lowest BCUT2D eigenvalue weighted by Crippen LogP contribution is -2.34. The zero-order chi connectivity index (χ0) is 17.9. The van der Waals surface area contributed by atoms with Gasteiger partial charge >= 0.3 is 0 Å². The number of hydrogen-bond acceptors (Lipinski definition) is 2. The summed E-state index contributed by atoms with van der Waals surface area (Å²) in [6.07, 6.45) is 0. The molecule has 0 aliphatic carbocycles. The second-order valence-corrected chi connectivity index (χ2v) is 6.41. The van der Waals surface area contributed by atoms with Crippen molar-refractivity contribution < 1.29 is 4.79 Å². The van der Waals surface area contributed by atoms with Crippen LogP contribution in [0.3, 0.4) is 0 Å². The molecule has 0 saturated carbocycles. The number of hydrogen-bond donors (Lipinski definition) is 2. The van der Waals surface area contributed by atoms with Gasteiger partial charge in [-0.05, 0) is 58.7 Å². The Labute approximate surface area is 156 Å². The first kappa shape index (κ1) is 16.2. The second kappa shape index (κ2) is 6.94. The molecule has 0 saturated heterocycles. The van der Waals surface area contributed by atoms with E-state index in [1.54, 1.807) is 12.1 Å². The van der Waals surface area contributed by atoms with Crippen molar-refractivity contribution in [2.45, 2.75) is 0 Å². The van der Waals surface area contributed by atoms with E-state index in [0.29, 0.717) is 5.56 Å². The molecular formula is C22H16N2OS. The molecule has 4 aromatic carbocycles. The monoisotopic (exact) mass is 356 g/mol. The van der Waals surface area contributed by atoms with Crippen molar-refractivity contribution in [1.29, 1.82) is 0 Å². The molecule has 0 aliphatic heterocycles. The molecule has 0 aromatic heterocycles. The van der Waals surface area contributed by atoms with E-state index in [2.05, 4.69) is 41.0 Å². The van der Waals surface area contributed by atoms with Crippen LogP contribution in [-0.2, 0) is 0 Å². The maximum Gasteiger partial charge on any atom is 0.257 e. The smallest absolute Gasteiger partial charge is 0.257 e. The Morgan fingerprint density at radius 1 is 0.731 bits per heavy atom. The molecule has 0 radical (unpaired) electrons. The number of anilines is 1. The first-order valence-electron chi connectivity index (χ1n) is 8.29. The highest BCUT2D eigenvalue weighted by Gasteiger charge is 2.09. The van der Waals surface area contributed by atoms with Gasteiger partial charge in [-0.1, -0.05) is 54.6 Å². The Morgan fingerprint density at radius 3 is 2.15 bits per heavy atom. The first-order chi connectivity index (χ1) is 12.7. The number of thiocarbonyl (C=S) groups is 1. The van der Waals surface area contributed by atoms with Gasteiger partial charge in [0.05, 0.1) is 0 Å². The molecule has 126 valence electrons. The predicted octanol–water partition coefficient (Wildman–Crippen LogP) is 5.12. The average molecular weight is 356 g/mol. The second-order valence-electron chi connectivity index (χ2n) is 6.00. The molecule has 4 aromatic rings. The summed E-state index contributed by atoms with van der Waals surface area (Å²) in [5.74, 6) is -0.228. The summed E-state index contributed by atoms with van der Waals surface area (Å²) in [4.78, 5) is 12.2. The fourth-order valence-electron chi connectivity index (χ4n) is 2.99. The maximum absolute atomic E-state index is 12.2.